The first-order valence-corrected chi connectivity index (χ1v) is 6.87. The number of nitrogens with one attached hydrogen (secondary N) is 1. The molecule has 0 fully saturated rings. The maximum atomic E-state index is 12.9. The summed E-state index contributed by atoms with van der Waals surface area (Å²) in [4.78, 5) is 4.28. The van der Waals surface area contributed by atoms with Crippen molar-refractivity contribution in [3.63, 3.8) is 0 Å². The first-order valence-electron chi connectivity index (χ1n) is 6.50. The molecule has 2 aromatic rings. The van der Waals surface area contributed by atoms with Crippen molar-refractivity contribution in [2.45, 2.75) is 26.4 Å². The topological polar surface area (TPSA) is 29.9 Å². The van der Waals surface area contributed by atoms with Crippen LogP contribution in [0, 0.1) is 6.92 Å². The van der Waals surface area contributed by atoms with E-state index in [2.05, 4.69) is 10.3 Å². The molecule has 0 aliphatic heterocycles. The Morgan fingerprint density at radius 3 is 2.67 bits per heavy atom. The van der Waals surface area contributed by atoms with Crippen molar-refractivity contribution in [2.75, 3.05) is 11.9 Å². The smallest absolute Gasteiger partial charge is 0.355 e. The molecular weight excluding hydrogens is 303 g/mol. The number of nitrogens with zero attached hydrogens (tertiary/aromatic N) is 2. The lowest BCUT2D eigenvalue weighted by molar-refractivity contribution is -0.137. The lowest BCUT2D eigenvalue weighted by atomic mass is 10.2. The molecule has 114 valence electrons. The summed E-state index contributed by atoms with van der Waals surface area (Å²) in [5.74, 6) is 0.518. The van der Waals surface area contributed by atoms with Crippen LogP contribution in [0.4, 0.5) is 19.1 Å². The van der Waals surface area contributed by atoms with Crippen LogP contribution in [0.25, 0.3) is 5.69 Å². The van der Waals surface area contributed by atoms with Crippen LogP contribution < -0.4 is 5.32 Å². The minimum Gasteiger partial charge on any atom is -0.355 e. The predicted molar refractivity (Wildman–Crippen MR) is 77.1 cm³/mol. The summed E-state index contributed by atoms with van der Waals surface area (Å²) in [5, 5.41) is 2.78. The van der Waals surface area contributed by atoms with Crippen molar-refractivity contribution in [3.8, 4) is 5.69 Å². The number of alkyl halides is 3. The Kier molecular flexibility index (Phi) is 4.46. The molecule has 0 saturated heterocycles. The highest BCUT2D eigenvalue weighted by molar-refractivity contribution is 6.31. The van der Waals surface area contributed by atoms with Gasteiger partial charge in [-0.2, -0.15) is 13.2 Å². The number of aromatic nitrogens is 2. The van der Waals surface area contributed by atoms with Crippen LogP contribution in [-0.4, -0.2) is 16.1 Å². The molecule has 21 heavy (non-hydrogen) atoms. The van der Waals surface area contributed by atoms with Crippen LogP contribution in [0.5, 0.6) is 0 Å². The molecule has 0 saturated carbocycles. The third kappa shape index (κ3) is 3.50. The summed E-state index contributed by atoms with van der Waals surface area (Å²) >= 11 is 5.64. The Morgan fingerprint density at radius 1 is 1.33 bits per heavy atom. The summed E-state index contributed by atoms with van der Waals surface area (Å²) in [6, 6.07) is 3.81. The zero-order valence-corrected chi connectivity index (χ0v) is 12.4. The molecule has 1 N–H and O–H groups in total. The van der Waals surface area contributed by atoms with E-state index in [1.807, 2.05) is 6.92 Å². The Labute approximate surface area is 125 Å². The Balaban J connectivity index is 2.47. The van der Waals surface area contributed by atoms with Gasteiger partial charge in [0.25, 0.3) is 0 Å². The van der Waals surface area contributed by atoms with Crippen molar-refractivity contribution in [2.24, 2.45) is 0 Å². The minimum absolute atomic E-state index is 0.314. The maximum Gasteiger partial charge on any atom is 0.417 e. The van der Waals surface area contributed by atoms with Crippen LogP contribution in [-0.2, 0) is 6.18 Å². The Morgan fingerprint density at radius 2 is 2.05 bits per heavy atom. The van der Waals surface area contributed by atoms with Crippen LogP contribution in [0.15, 0.2) is 24.4 Å². The fourth-order valence-corrected chi connectivity index (χ4v) is 2.16. The van der Waals surface area contributed by atoms with E-state index in [1.165, 1.54) is 12.1 Å². The zero-order valence-electron chi connectivity index (χ0n) is 11.6. The van der Waals surface area contributed by atoms with Crippen LogP contribution >= 0.6 is 11.6 Å². The zero-order chi connectivity index (χ0) is 15.6. The molecule has 2 rings (SSSR count). The first kappa shape index (κ1) is 15.7. The highest BCUT2D eigenvalue weighted by atomic mass is 35.5. The molecule has 1 heterocycles. The molecule has 0 aliphatic rings. The number of aryl methyl sites for hydroxylation is 1. The predicted octanol–water partition coefficient (Wildman–Crippen LogP) is 4.67. The van der Waals surface area contributed by atoms with Crippen LogP contribution in [0.2, 0.25) is 5.02 Å². The van der Waals surface area contributed by atoms with Gasteiger partial charge in [0, 0.05) is 18.4 Å². The monoisotopic (exact) mass is 317 g/mol. The van der Waals surface area contributed by atoms with Crippen molar-refractivity contribution in [1.29, 1.82) is 0 Å². The average molecular weight is 318 g/mol. The molecule has 7 heteroatoms. The van der Waals surface area contributed by atoms with Gasteiger partial charge < -0.3 is 5.32 Å². The number of hydrogen-bond acceptors (Lipinski definition) is 2. The summed E-state index contributed by atoms with van der Waals surface area (Å²) in [5.41, 5.74) is 0.234. The van der Waals surface area contributed by atoms with E-state index in [4.69, 9.17) is 11.6 Å². The largest absolute Gasteiger partial charge is 0.417 e. The molecule has 1 aromatic carbocycles. The third-order valence-corrected chi connectivity index (χ3v) is 3.22. The fourth-order valence-electron chi connectivity index (χ4n) is 1.94. The number of anilines is 1. The van der Waals surface area contributed by atoms with Gasteiger partial charge in [0.15, 0.2) is 0 Å². The second-order valence-electron chi connectivity index (χ2n) is 4.66. The third-order valence-electron chi connectivity index (χ3n) is 2.89. The van der Waals surface area contributed by atoms with Crippen LogP contribution in [0.3, 0.4) is 0 Å². The highest BCUT2D eigenvalue weighted by Gasteiger charge is 2.33. The molecule has 3 nitrogen and oxygen atoms in total. The standard InChI is InChI=1S/C14H15ClF3N3/c1-3-6-19-13-20-9(2)8-21(13)10-4-5-12(15)11(7-10)14(16,17)18/h4-5,7-8H,3,6H2,1-2H3,(H,19,20). The second-order valence-corrected chi connectivity index (χ2v) is 5.07. The second kappa shape index (κ2) is 5.97. The summed E-state index contributed by atoms with van der Waals surface area (Å²) in [6.07, 6.45) is -1.92. The van der Waals surface area contributed by atoms with Crippen LogP contribution in [0.1, 0.15) is 24.6 Å². The number of imidazole rings is 1. The van der Waals surface area contributed by atoms with Gasteiger partial charge in [0.2, 0.25) is 5.95 Å². The van der Waals surface area contributed by atoms with E-state index in [1.54, 1.807) is 17.7 Å². The minimum atomic E-state index is -4.49. The molecule has 0 atom stereocenters. The Bertz CT molecular complexity index is 635. The molecule has 0 bridgehead atoms. The van der Waals surface area contributed by atoms with Crippen molar-refractivity contribution in [3.05, 3.63) is 40.7 Å². The van der Waals surface area contributed by atoms with Gasteiger partial charge in [-0.3, -0.25) is 4.57 Å². The highest BCUT2D eigenvalue weighted by Crippen LogP contribution is 2.36. The van der Waals surface area contributed by atoms with E-state index in [-0.39, 0.29) is 5.02 Å². The van der Waals surface area contributed by atoms with E-state index in [0.717, 1.165) is 18.2 Å². The van der Waals surface area contributed by atoms with E-state index in [0.29, 0.717) is 18.2 Å². The quantitative estimate of drug-likeness (QED) is 0.887. The number of rotatable bonds is 4. The summed E-state index contributed by atoms with van der Waals surface area (Å²) < 4.78 is 40.4. The first-order chi connectivity index (χ1) is 9.82. The molecule has 0 amide bonds. The molecule has 0 aliphatic carbocycles. The van der Waals surface area contributed by atoms with E-state index >= 15 is 0 Å². The van der Waals surface area contributed by atoms with Gasteiger partial charge in [-0.05, 0) is 31.5 Å². The fraction of sp³-hybridized carbons (Fsp3) is 0.357. The van der Waals surface area contributed by atoms with E-state index < -0.39 is 11.7 Å². The van der Waals surface area contributed by atoms with Gasteiger partial charge in [0.1, 0.15) is 0 Å². The van der Waals surface area contributed by atoms with E-state index in [9.17, 15) is 13.2 Å². The molecule has 0 spiro atoms. The van der Waals surface area contributed by atoms with Crippen molar-refractivity contribution < 1.29 is 13.2 Å². The molecular formula is C14H15ClF3N3. The number of benzene rings is 1. The van der Waals surface area contributed by atoms with Gasteiger partial charge in [-0.1, -0.05) is 18.5 Å². The van der Waals surface area contributed by atoms with Gasteiger partial charge in [-0.25, -0.2) is 4.98 Å². The van der Waals surface area contributed by atoms with Gasteiger partial charge >= 0.3 is 6.18 Å². The number of halogens is 4. The maximum absolute atomic E-state index is 12.9. The normalized spacial score (nSPS) is 11.7. The average Bonchev–Trinajstić information content (AvgIpc) is 2.76. The lowest BCUT2D eigenvalue weighted by Gasteiger charge is -2.13. The van der Waals surface area contributed by atoms with Gasteiger partial charge in [0.05, 0.1) is 16.3 Å². The van der Waals surface area contributed by atoms with Gasteiger partial charge in [-0.15, -0.1) is 0 Å². The summed E-state index contributed by atoms with van der Waals surface area (Å²) in [7, 11) is 0. The van der Waals surface area contributed by atoms with Crippen molar-refractivity contribution in [1.82, 2.24) is 9.55 Å². The lowest BCUT2D eigenvalue weighted by Crippen LogP contribution is -2.09. The number of hydrogen-bond donors (Lipinski definition) is 1. The summed E-state index contributed by atoms with van der Waals surface area (Å²) in [6.45, 7) is 4.47. The molecule has 0 radical (unpaired) electrons. The molecule has 1 aromatic heterocycles. The SMILES string of the molecule is CCCNc1nc(C)cn1-c1ccc(Cl)c(C(F)(F)F)c1. The van der Waals surface area contributed by atoms with Crippen molar-refractivity contribution >= 4 is 17.5 Å². The Hall–Kier alpha value is -1.69. The molecule has 0 unspecified atom stereocenters.